The summed E-state index contributed by atoms with van der Waals surface area (Å²) in [6, 6.07) is 10.9. The summed E-state index contributed by atoms with van der Waals surface area (Å²) < 4.78 is 0. The molecule has 0 saturated heterocycles. The fourth-order valence-corrected chi connectivity index (χ4v) is 2.30. The van der Waals surface area contributed by atoms with Crippen LogP contribution in [0.4, 0.5) is 0 Å². The van der Waals surface area contributed by atoms with Crippen LogP contribution in [0.3, 0.4) is 0 Å². The Morgan fingerprint density at radius 1 is 1.06 bits per heavy atom. The third-order valence-corrected chi connectivity index (χ3v) is 3.72. The molecule has 2 unspecified atom stereocenters. The van der Waals surface area contributed by atoms with Gasteiger partial charge in [-0.1, -0.05) is 70.4 Å². The van der Waals surface area contributed by atoms with E-state index >= 15 is 0 Å². The summed E-state index contributed by atoms with van der Waals surface area (Å²) in [7, 11) is 0. The lowest BCUT2D eigenvalue weighted by Crippen LogP contribution is -2.14. The molecule has 0 aliphatic rings. The van der Waals surface area contributed by atoms with E-state index in [0.717, 1.165) is 11.8 Å². The van der Waals surface area contributed by atoms with E-state index in [1.165, 1.54) is 37.7 Å². The van der Waals surface area contributed by atoms with Gasteiger partial charge in [-0.25, -0.2) is 0 Å². The van der Waals surface area contributed by atoms with Crippen molar-refractivity contribution in [3.63, 3.8) is 0 Å². The molecule has 2 atom stereocenters. The highest BCUT2D eigenvalue weighted by molar-refractivity contribution is 5.15. The fourth-order valence-electron chi connectivity index (χ4n) is 2.30. The Kier molecular flexibility index (Phi) is 6.22. The van der Waals surface area contributed by atoms with Crippen LogP contribution in [0.25, 0.3) is 0 Å². The van der Waals surface area contributed by atoms with Crippen LogP contribution >= 0.6 is 0 Å². The van der Waals surface area contributed by atoms with E-state index in [1.807, 2.05) is 0 Å². The number of hydrogen-bond acceptors (Lipinski definition) is 0. The van der Waals surface area contributed by atoms with Gasteiger partial charge < -0.3 is 0 Å². The highest BCUT2D eigenvalue weighted by atomic mass is 14.2. The summed E-state index contributed by atoms with van der Waals surface area (Å²) in [4.78, 5) is 0. The van der Waals surface area contributed by atoms with Crippen molar-refractivity contribution >= 4 is 0 Å². The topological polar surface area (TPSA) is 0 Å². The Hall–Kier alpha value is -0.780. The number of rotatable bonds is 7. The van der Waals surface area contributed by atoms with Crippen LogP contribution in [0.5, 0.6) is 0 Å². The van der Waals surface area contributed by atoms with Crippen LogP contribution in [0, 0.1) is 11.8 Å². The van der Waals surface area contributed by atoms with Gasteiger partial charge in [0.05, 0.1) is 0 Å². The van der Waals surface area contributed by atoms with E-state index in [2.05, 4.69) is 51.1 Å². The second-order valence-corrected chi connectivity index (χ2v) is 4.98. The van der Waals surface area contributed by atoms with E-state index < -0.39 is 0 Å². The average molecular weight is 218 g/mol. The molecule has 0 bridgehead atoms. The normalized spacial score (nSPS) is 14.7. The molecule has 0 aliphatic carbocycles. The number of hydrogen-bond donors (Lipinski definition) is 0. The van der Waals surface area contributed by atoms with Crippen molar-refractivity contribution in [3.8, 4) is 0 Å². The first-order valence-corrected chi connectivity index (χ1v) is 6.81. The monoisotopic (exact) mass is 218 g/mol. The first-order valence-electron chi connectivity index (χ1n) is 6.81. The van der Waals surface area contributed by atoms with Crippen LogP contribution in [0.2, 0.25) is 0 Å². The summed E-state index contributed by atoms with van der Waals surface area (Å²) in [5, 5.41) is 0. The lowest BCUT2D eigenvalue weighted by atomic mass is 9.83. The van der Waals surface area contributed by atoms with Gasteiger partial charge in [0, 0.05) is 0 Å². The van der Waals surface area contributed by atoms with Crippen molar-refractivity contribution in [1.82, 2.24) is 0 Å². The van der Waals surface area contributed by atoms with Crippen LogP contribution < -0.4 is 0 Å². The Bertz CT molecular complexity index is 263. The maximum Gasteiger partial charge on any atom is -0.0248 e. The van der Waals surface area contributed by atoms with Gasteiger partial charge in [0.1, 0.15) is 0 Å². The van der Waals surface area contributed by atoms with Crippen molar-refractivity contribution in [2.45, 2.75) is 52.9 Å². The molecular formula is C16H26. The summed E-state index contributed by atoms with van der Waals surface area (Å²) in [5.74, 6) is 1.72. The van der Waals surface area contributed by atoms with Gasteiger partial charge in [-0.3, -0.25) is 0 Å². The minimum absolute atomic E-state index is 0.853. The van der Waals surface area contributed by atoms with Gasteiger partial charge in [0.2, 0.25) is 0 Å². The predicted molar refractivity (Wildman–Crippen MR) is 72.6 cm³/mol. The lowest BCUT2D eigenvalue weighted by Gasteiger charge is -2.23. The molecule has 0 radical (unpaired) electrons. The lowest BCUT2D eigenvalue weighted by molar-refractivity contribution is 0.317. The van der Waals surface area contributed by atoms with Gasteiger partial charge in [0.25, 0.3) is 0 Å². The zero-order valence-corrected chi connectivity index (χ0v) is 11.1. The maximum atomic E-state index is 2.41. The predicted octanol–water partition coefficient (Wildman–Crippen LogP) is 5.08. The smallest absolute Gasteiger partial charge is 0.0248 e. The molecular weight excluding hydrogens is 192 g/mol. The number of benzene rings is 1. The molecule has 0 fully saturated rings. The summed E-state index contributed by atoms with van der Waals surface area (Å²) in [6.07, 6.45) is 6.65. The molecule has 16 heavy (non-hydrogen) atoms. The largest absolute Gasteiger partial charge is 0.0654 e. The third kappa shape index (κ3) is 4.38. The molecule has 1 aromatic rings. The molecule has 0 heteroatoms. The van der Waals surface area contributed by atoms with E-state index in [9.17, 15) is 0 Å². The highest BCUT2D eigenvalue weighted by Crippen LogP contribution is 2.25. The van der Waals surface area contributed by atoms with Crippen LogP contribution in [-0.2, 0) is 6.42 Å². The van der Waals surface area contributed by atoms with Gasteiger partial charge in [0.15, 0.2) is 0 Å². The molecule has 0 aliphatic heterocycles. The maximum absolute atomic E-state index is 2.41. The first-order chi connectivity index (χ1) is 7.77. The SMILES string of the molecule is CCCCC(Cc1ccccc1)C(C)CC. The molecule has 0 nitrogen and oxygen atoms in total. The summed E-state index contributed by atoms with van der Waals surface area (Å²) in [6.45, 7) is 7.01. The van der Waals surface area contributed by atoms with E-state index in [0.29, 0.717) is 0 Å². The third-order valence-electron chi connectivity index (χ3n) is 3.72. The van der Waals surface area contributed by atoms with E-state index in [1.54, 1.807) is 0 Å². The van der Waals surface area contributed by atoms with Crippen molar-refractivity contribution in [2.75, 3.05) is 0 Å². The Morgan fingerprint density at radius 3 is 2.31 bits per heavy atom. The average Bonchev–Trinajstić information content (AvgIpc) is 2.34. The quantitative estimate of drug-likeness (QED) is 0.598. The molecule has 0 heterocycles. The molecule has 1 rings (SSSR count). The Labute approximate surface area is 101 Å². The fraction of sp³-hybridized carbons (Fsp3) is 0.625. The number of unbranched alkanes of at least 4 members (excludes halogenated alkanes) is 1. The zero-order chi connectivity index (χ0) is 11.8. The van der Waals surface area contributed by atoms with Crippen LogP contribution in [-0.4, -0.2) is 0 Å². The van der Waals surface area contributed by atoms with E-state index in [4.69, 9.17) is 0 Å². The minimum atomic E-state index is 0.853. The van der Waals surface area contributed by atoms with Crippen molar-refractivity contribution in [3.05, 3.63) is 35.9 Å². The second-order valence-electron chi connectivity index (χ2n) is 4.98. The first kappa shape index (κ1) is 13.3. The van der Waals surface area contributed by atoms with Crippen LogP contribution in [0.1, 0.15) is 52.0 Å². The van der Waals surface area contributed by atoms with Crippen molar-refractivity contribution in [1.29, 1.82) is 0 Å². The second kappa shape index (κ2) is 7.49. The Balaban J connectivity index is 2.56. The minimum Gasteiger partial charge on any atom is -0.0654 e. The summed E-state index contributed by atoms with van der Waals surface area (Å²) >= 11 is 0. The van der Waals surface area contributed by atoms with Crippen molar-refractivity contribution in [2.24, 2.45) is 11.8 Å². The van der Waals surface area contributed by atoms with Gasteiger partial charge in [-0.15, -0.1) is 0 Å². The molecule has 0 N–H and O–H groups in total. The van der Waals surface area contributed by atoms with Gasteiger partial charge >= 0.3 is 0 Å². The molecule has 90 valence electrons. The van der Waals surface area contributed by atoms with Gasteiger partial charge in [-0.05, 0) is 30.2 Å². The molecule has 0 aromatic heterocycles. The molecule has 0 amide bonds. The highest BCUT2D eigenvalue weighted by Gasteiger charge is 2.15. The van der Waals surface area contributed by atoms with E-state index in [-0.39, 0.29) is 0 Å². The molecule has 0 spiro atoms. The molecule has 1 aromatic carbocycles. The molecule has 0 saturated carbocycles. The standard InChI is InChI=1S/C16H26/c1-4-6-12-16(14(3)5-2)13-15-10-8-7-9-11-15/h7-11,14,16H,4-6,12-13H2,1-3H3. The van der Waals surface area contributed by atoms with Crippen LogP contribution in [0.15, 0.2) is 30.3 Å². The zero-order valence-electron chi connectivity index (χ0n) is 11.1. The van der Waals surface area contributed by atoms with Crippen molar-refractivity contribution < 1.29 is 0 Å². The Morgan fingerprint density at radius 2 is 1.75 bits per heavy atom. The summed E-state index contributed by atoms with van der Waals surface area (Å²) in [5.41, 5.74) is 1.50. The van der Waals surface area contributed by atoms with Gasteiger partial charge in [-0.2, -0.15) is 0 Å².